The molecule has 1 unspecified atom stereocenters. The highest BCUT2D eigenvalue weighted by molar-refractivity contribution is 5.98. The van der Waals surface area contributed by atoms with Crippen LogP contribution in [-0.2, 0) is 6.18 Å². The normalized spacial score (nSPS) is 12.8. The minimum Gasteiger partial charge on any atom is -0.391 e. The minimum atomic E-state index is -4.63. The third-order valence-corrected chi connectivity index (χ3v) is 4.73. The maximum Gasteiger partial charge on any atom is 0.418 e. The van der Waals surface area contributed by atoms with Gasteiger partial charge in [-0.3, -0.25) is 4.79 Å². The Bertz CT molecular complexity index is 1030. The number of aliphatic hydroxyl groups is 1. The lowest BCUT2D eigenvalue weighted by Crippen LogP contribution is -2.32. The van der Waals surface area contributed by atoms with Gasteiger partial charge in [-0.05, 0) is 48.2 Å². The first-order chi connectivity index (χ1) is 13.7. The molecular formula is C22H21F3N2O2. The van der Waals surface area contributed by atoms with Crippen molar-refractivity contribution in [3.8, 4) is 11.1 Å². The van der Waals surface area contributed by atoms with Crippen molar-refractivity contribution in [2.24, 2.45) is 0 Å². The van der Waals surface area contributed by atoms with Crippen molar-refractivity contribution < 1.29 is 23.1 Å². The third kappa shape index (κ3) is 4.56. The number of rotatable bonds is 5. The fraction of sp³-hybridized carbons (Fsp3) is 0.273. The Morgan fingerprint density at radius 1 is 1.14 bits per heavy atom. The van der Waals surface area contributed by atoms with Gasteiger partial charge in [0, 0.05) is 11.9 Å². The summed E-state index contributed by atoms with van der Waals surface area (Å²) in [4.78, 5) is 16.4. The van der Waals surface area contributed by atoms with Crippen LogP contribution in [0.2, 0.25) is 0 Å². The van der Waals surface area contributed by atoms with Crippen molar-refractivity contribution in [2.45, 2.75) is 32.5 Å². The highest BCUT2D eigenvalue weighted by Crippen LogP contribution is 2.38. The summed E-state index contributed by atoms with van der Waals surface area (Å²) in [6, 6.07) is 13.0. The summed E-state index contributed by atoms with van der Waals surface area (Å²) in [5.41, 5.74) is 0.336. The standard InChI is InChI=1S/C22H21F3N2O2/c1-3-16(28)12-26-21(29)19-9-13(2)17-10-15(14-7-5-4-6-8-14)11-18(20(17)27-19)22(23,24)25/h4-11,16,28H,3,12H2,1-2H3,(H,26,29). The topological polar surface area (TPSA) is 62.2 Å². The predicted octanol–water partition coefficient (Wildman–Crippen LogP) is 4.73. The summed E-state index contributed by atoms with van der Waals surface area (Å²) in [6.45, 7) is 3.42. The average Bonchev–Trinajstić information content (AvgIpc) is 2.70. The van der Waals surface area contributed by atoms with Crippen LogP contribution in [-0.4, -0.2) is 28.6 Å². The van der Waals surface area contributed by atoms with E-state index in [2.05, 4.69) is 10.3 Å². The smallest absolute Gasteiger partial charge is 0.391 e. The number of fused-ring (bicyclic) bond motifs is 1. The Morgan fingerprint density at radius 2 is 1.83 bits per heavy atom. The fourth-order valence-electron chi connectivity index (χ4n) is 3.07. The van der Waals surface area contributed by atoms with E-state index in [4.69, 9.17) is 0 Å². The van der Waals surface area contributed by atoms with Gasteiger partial charge in [-0.15, -0.1) is 0 Å². The SMILES string of the molecule is CCC(O)CNC(=O)c1cc(C)c2cc(-c3ccccc3)cc(C(F)(F)F)c2n1. The number of nitrogens with one attached hydrogen (secondary N) is 1. The summed E-state index contributed by atoms with van der Waals surface area (Å²) in [5, 5.41) is 12.4. The minimum absolute atomic E-state index is 0.00711. The summed E-state index contributed by atoms with van der Waals surface area (Å²) < 4.78 is 41.4. The lowest BCUT2D eigenvalue weighted by Gasteiger charge is -2.16. The zero-order chi connectivity index (χ0) is 21.2. The van der Waals surface area contributed by atoms with Gasteiger partial charge in [0.2, 0.25) is 0 Å². The Kier molecular flexibility index (Phi) is 5.88. The molecule has 0 saturated carbocycles. The van der Waals surface area contributed by atoms with Crippen LogP contribution in [0.5, 0.6) is 0 Å². The van der Waals surface area contributed by atoms with Crippen LogP contribution in [0.1, 0.15) is 35.0 Å². The van der Waals surface area contributed by atoms with Gasteiger partial charge in [-0.25, -0.2) is 4.98 Å². The van der Waals surface area contributed by atoms with Crippen LogP contribution in [0.4, 0.5) is 13.2 Å². The van der Waals surface area contributed by atoms with E-state index < -0.39 is 23.8 Å². The van der Waals surface area contributed by atoms with Gasteiger partial charge in [0.1, 0.15) is 5.69 Å². The summed E-state index contributed by atoms with van der Waals surface area (Å²) in [6.07, 6.45) is -4.90. The Morgan fingerprint density at radius 3 is 2.45 bits per heavy atom. The average molecular weight is 402 g/mol. The second-order valence-corrected chi connectivity index (χ2v) is 6.88. The Hall–Kier alpha value is -2.93. The number of nitrogens with zero attached hydrogens (tertiary/aromatic N) is 1. The largest absolute Gasteiger partial charge is 0.418 e. The van der Waals surface area contributed by atoms with E-state index in [1.807, 2.05) is 0 Å². The monoisotopic (exact) mass is 402 g/mol. The van der Waals surface area contributed by atoms with Crippen LogP contribution in [0.15, 0.2) is 48.5 Å². The summed E-state index contributed by atoms with van der Waals surface area (Å²) in [5.74, 6) is -0.622. The molecule has 0 aliphatic carbocycles. The molecule has 1 heterocycles. The molecule has 0 spiro atoms. The second-order valence-electron chi connectivity index (χ2n) is 6.88. The van der Waals surface area contributed by atoms with E-state index in [-0.39, 0.29) is 17.8 Å². The lowest BCUT2D eigenvalue weighted by atomic mass is 9.96. The molecule has 7 heteroatoms. The first-order valence-electron chi connectivity index (χ1n) is 9.25. The third-order valence-electron chi connectivity index (χ3n) is 4.73. The van der Waals surface area contributed by atoms with Gasteiger partial charge < -0.3 is 10.4 Å². The molecule has 2 aromatic carbocycles. The molecule has 0 aliphatic heterocycles. The molecule has 1 atom stereocenters. The molecule has 1 aromatic heterocycles. The number of aryl methyl sites for hydroxylation is 1. The van der Waals surface area contributed by atoms with Crippen molar-refractivity contribution in [3.05, 3.63) is 65.4 Å². The molecule has 2 N–H and O–H groups in total. The van der Waals surface area contributed by atoms with Crippen molar-refractivity contribution in [1.29, 1.82) is 0 Å². The molecule has 152 valence electrons. The van der Waals surface area contributed by atoms with Crippen LogP contribution in [0, 0.1) is 6.92 Å². The van der Waals surface area contributed by atoms with E-state index >= 15 is 0 Å². The number of alkyl halides is 3. The van der Waals surface area contributed by atoms with E-state index in [9.17, 15) is 23.1 Å². The zero-order valence-electron chi connectivity index (χ0n) is 16.0. The number of carbonyl (C=O) groups excluding carboxylic acids is 1. The number of amides is 1. The van der Waals surface area contributed by atoms with Gasteiger partial charge in [0.25, 0.3) is 5.91 Å². The fourth-order valence-corrected chi connectivity index (χ4v) is 3.07. The number of carbonyl (C=O) groups is 1. The molecule has 0 fully saturated rings. The van der Waals surface area contributed by atoms with E-state index in [0.717, 1.165) is 6.07 Å². The number of halogens is 3. The molecule has 29 heavy (non-hydrogen) atoms. The number of pyridine rings is 1. The Labute approximate surface area is 166 Å². The molecule has 1 amide bonds. The molecule has 0 aliphatic rings. The molecule has 3 aromatic rings. The summed E-state index contributed by atoms with van der Waals surface area (Å²) >= 11 is 0. The van der Waals surface area contributed by atoms with Crippen molar-refractivity contribution in [2.75, 3.05) is 6.54 Å². The van der Waals surface area contributed by atoms with Crippen LogP contribution < -0.4 is 5.32 Å². The molecule has 0 saturated heterocycles. The van der Waals surface area contributed by atoms with Gasteiger partial charge >= 0.3 is 6.18 Å². The van der Waals surface area contributed by atoms with Crippen LogP contribution in [0.25, 0.3) is 22.0 Å². The molecular weight excluding hydrogens is 381 g/mol. The maximum absolute atomic E-state index is 13.8. The number of benzene rings is 2. The van der Waals surface area contributed by atoms with Crippen LogP contribution in [0.3, 0.4) is 0 Å². The van der Waals surface area contributed by atoms with E-state index in [0.29, 0.717) is 28.5 Å². The first-order valence-corrected chi connectivity index (χ1v) is 9.25. The quantitative estimate of drug-likeness (QED) is 0.649. The van der Waals surface area contributed by atoms with E-state index in [1.165, 1.54) is 6.07 Å². The molecule has 0 bridgehead atoms. The number of hydrogen-bond donors (Lipinski definition) is 2. The zero-order valence-corrected chi connectivity index (χ0v) is 16.0. The highest BCUT2D eigenvalue weighted by atomic mass is 19.4. The van der Waals surface area contributed by atoms with Crippen molar-refractivity contribution in [1.82, 2.24) is 10.3 Å². The van der Waals surface area contributed by atoms with Gasteiger partial charge in [0.15, 0.2) is 0 Å². The summed E-state index contributed by atoms with van der Waals surface area (Å²) in [7, 11) is 0. The van der Waals surface area contributed by atoms with Gasteiger partial charge in [-0.2, -0.15) is 13.2 Å². The number of aliphatic hydroxyl groups excluding tert-OH is 1. The van der Waals surface area contributed by atoms with Crippen molar-refractivity contribution in [3.63, 3.8) is 0 Å². The Balaban J connectivity index is 2.14. The van der Waals surface area contributed by atoms with Crippen molar-refractivity contribution >= 4 is 16.8 Å². The number of aromatic nitrogens is 1. The first kappa shape index (κ1) is 20.8. The van der Waals surface area contributed by atoms with Crippen LogP contribution >= 0.6 is 0 Å². The van der Waals surface area contributed by atoms with Gasteiger partial charge in [0.05, 0.1) is 17.2 Å². The number of hydrogen-bond acceptors (Lipinski definition) is 3. The predicted molar refractivity (Wildman–Crippen MR) is 106 cm³/mol. The van der Waals surface area contributed by atoms with E-state index in [1.54, 1.807) is 50.2 Å². The molecule has 0 radical (unpaired) electrons. The molecule has 4 nitrogen and oxygen atoms in total. The molecule has 3 rings (SSSR count). The second kappa shape index (κ2) is 8.21. The highest BCUT2D eigenvalue weighted by Gasteiger charge is 2.34. The van der Waals surface area contributed by atoms with Gasteiger partial charge in [-0.1, -0.05) is 37.3 Å². The maximum atomic E-state index is 13.8. The lowest BCUT2D eigenvalue weighted by molar-refractivity contribution is -0.136.